The number of hydrogen-bond acceptors (Lipinski definition) is 3. The maximum atomic E-state index is 12.0. The molecule has 1 rings (SSSR count). The van der Waals surface area contributed by atoms with Crippen molar-refractivity contribution in [3.05, 3.63) is 29.8 Å². The minimum absolute atomic E-state index is 0.0382. The Bertz CT molecular complexity index is 415. The van der Waals surface area contributed by atoms with Crippen LogP contribution in [0.3, 0.4) is 0 Å². The third-order valence-electron chi connectivity index (χ3n) is 2.41. The van der Waals surface area contributed by atoms with E-state index < -0.39 is 0 Å². The van der Waals surface area contributed by atoms with Gasteiger partial charge in [0.05, 0.1) is 11.8 Å². The van der Waals surface area contributed by atoms with Gasteiger partial charge in [-0.15, -0.1) is 0 Å². The minimum Gasteiger partial charge on any atom is -0.381 e. The van der Waals surface area contributed by atoms with Crippen LogP contribution in [0.2, 0.25) is 0 Å². The summed E-state index contributed by atoms with van der Waals surface area (Å²) in [5.74, 6) is -0.228. The summed E-state index contributed by atoms with van der Waals surface area (Å²) in [5, 5.41) is 2.64. The van der Waals surface area contributed by atoms with Crippen molar-refractivity contribution in [2.24, 2.45) is 0 Å². The second-order valence-electron chi connectivity index (χ2n) is 3.90. The van der Waals surface area contributed by atoms with E-state index >= 15 is 0 Å². The van der Waals surface area contributed by atoms with Crippen molar-refractivity contribution in [2.75, 3.05) is 12.4 Å². The number of amides is 1. The molecule has 1 atom stereocenters. The zero-order valence-corrected chi connectivity index (χ0v) is 10.3. The topological polar surface area (TPSA) is 55.4 Å². The summed E-state index contributed by atoms with van der Waals surface area (Å²) < 4.78 is 5.06. The molecule has 0 aliphatic heterocycles. The number of ether oxygens (including phenoxy) is 1. The highest BCUT2D eigenvalue weighted by Crippen LogP contribution is 2.18. The van der Waals surface area contributed by atoms with Crippen molar-refractivity contribution in [3.63, 3.8) is 0 Å². The van der Waals surface area contributed by atoms with Gasteiger partial charge in [-0.05, 0) is 19.1 Å². The number of nitrogens with one attached hydrogen (secondary N) is 1. The molecule has 4 nitrogen and oxygen atoms in total. The van der Waals surface area contributed by atoms with Crippen LogP contribution in [0.5, 0.6) is 0 Å². The average molecular weight is 235 g/mol. The molecule has 4 heteroatoms. The van der Waals surface area contributed by atoms with E-state index in [9.17, 15) is 9.59 Å². The summed E-state index contributed by atoms with van der Waals surface area (Å²) in [5.41, 5.74) is 1.07. The Kier molecular flexibility index (Phi) is 4.84. The summed E-state index contributed by atoms with van der Waals surface area (Å²) >= 11 is 0. The molecule has 0 radical (unpaired) electrons. The number of hydrogen-bond donors (Lipinski definition) is 1. The summed E-state index contributed by atoms with van der Waals surface area (Å²) in [6, 6.07) is 6.97. The van der Waals surface area contributed by atoms with E-state index in [0.29, 0.717) is 17.7 Å². The number of methoxy groups -OCH3 is 1. The quantitative estimate of drug-likeness (QED) is 0.796. The fraction of sp³-hybridized carbons (Fsp3) is 0.385. The lowest BCUT2D eigenvalue weighted by Gasteiger charge is -2.11. The number of anilines is 1. The van der Waals surface area contributed by atoms with Crippen molar-refractivity contribution in [3.8, 4) is 0 Å². The van der Waals surface area contributed by atoms with E-state index in [1.54, 1.807) is 31.4 Å². The predicted octanol–water partition coefficient (Wildman–Crippen LogP) is 2.25. The van der Waals surface area contributed by atoms with Crippen LogP contribution in [0.25, 0.3) is 0 Å². The van der Waals surface area contributed by atoms with Crippen molar-refractivity contribution in [1.29, 1.82) is 0 Å². The van der Waals surface area contributed by atoms with Gasteiger partial charge in [-0.1, -0.05) is 12.1 Å². The Labute approximate surface area is 101 Å². The molecule has 92 valence electrons. The molecule has 1 amide bonds. The first-order valence-corrected chi connectivity index (χ1v) is 5.47. The van der Waals surface area contributed by atoms with Crippen LogP contribution in [0.15, 0.2) is 24.3 Å². The van der Waals surface area contributed by atoms with Crippen LogP contribution in [0, 0.1) is 0 Å². The van der Waals surface area contributed by atoms with E-state index in [1.807, 2.05) is 6.92 Å². The zero-order chi connectivity index (χ0) is 12.8. The maximum absolute atomic E-state index is 12.0. The first kappa shape index (κ1) is 13.4. The van der Waals surface area contributed by atoms with Gasteiger partial charge < -0.3 is 10.1 Å². The van der Waals surface area contributed by atoms with Gasteiger partial charge in [0, 0.05) is 26.0 Å². The molecular formula is C13H17NO3. The molecule has 0 spiro atoms. The minimum atomic E-state index is -0.190. The van der Waals surface area contributed by atoms with Gasteiger partial charge in [-0.25, -0.2) is 0 Å². The van der Waals surface area contributed by atoms with E-state index in [2.05, 4.69) is 5.32 Å². The highest BCUT2D eigenvalue weighted by molar-refractivity contribution is 6.04. The molecule has 0 saturated heterocycles. The Balaban J connectivity index is 2.88. The van der Waals surface area contributed by atoms with Crippen molar-refractivity contribution in [2.45, 2.75) is 26.4 Å². The molecule has 1 aromatic rings. The van der Waals surface area contributed by atoms with Crippen LogP contribution in [-0.4, -0.2) is 24.9 Å². The smallest absolute Gasteiger partial charge is 0.221 e. The van der Waals surface area contributed by atoms with Crippen LogP contribution in [0.1, 0.15) is 30.6 Å². The standard InChI is InChI=1S/C13H17NO3/c1-9(17-3)8-13(16)11-6-4-5-7-12(11)14-10(2)15/h4-7,9H,8H2,1-3H3,(H,14,15). The highest BCUT2D eigenvalue weighted by atomic mass is 16.5. The SMILES string of the molecule is COC(C)CC(=O)c1ccccc1NC(C)=O. The molecule has 1 aromatic carbocycles. The van der Waals surface area contributed by atoms with Gasteiger partial charge >= 0.3 is 0 Å². The van der Waals surface area contributed by atoms with Gasteiger partial charge in [0.15, 0.2) is 5.78 Å². The number of para-hydroxylation sites is 1. The van der Waals surface area contributed by atoms with Gasteiger partial charge in [-0.2, -0.15) is 0 Å². The van der Waals surface area contributed by atoms with Crippen LogP contribution in [-0.2, 0) is 9.53 Å². The van der Waals surface area contributed by atoms with Gasteiger partial charge in [0.1, 0.15) is 0 Å². The first-order chi connectivity index (χ1) is 8.04. The van der Waals surface area contributed by atoms with Gasteiger partial charge in [-0.3, -0.25) is 9.59 Å². The van der Waals surface area contributed by atoms with E-state index in [-0.39, 0.29) is 17.8 Å². The number of benzene rings is 1. The largest absolute Gasteiger partial charge is 0.381 e. The summed E-state index contributed by atoms with van der Waals surface area (Å²) in [7, 11) is 1.57. The Morgan fingerprint density at radius 3 is 2.59 bits per heavy atom. The van der Waals surface area contributed by atoms with Gasteiger partial charge in [0.25, 0.3) is 0 Å². The van der Waals surface area contributed by atoms with Crippen molar-refractivity contribution in [1.82, 2.24) is 0 Å². The predicted molar refractivity (Wildman–Crippen MR) is 66.2 cm³/mol. The second-order valence-corrected chi connectivity index (χ2v) is 3.90. The lowest BCUT2D eigenvalue weighted by molar-refractivity contribution is -0.114. The summed E-state index contributed by atoms with van der Waals surface area (Å²) in [6.07, 6.45) is 0.167. The van der Waals surface area contributed by atoms with Crippen LogP contribution in [0.4, 0.5) is 5.69 Å². The number of carbonyl (C=O) groups is 2. The Morgan fingerprint density at radius 1 is 1.35 bits per heavy atom. The fourth-order valence-electron chi connectivity index (χ4n) is 1.48. The van der Waals surface area contributed by atoms with Crippen LogP contribution < -0.4 is 5.32 Å². The van der Waals surface area contributed by atoms with E-state index in [4.69, 9.17) is 4.74 Å². The maximum Gasteiger partial charge on any atom is 0.221 e. The van der Waals surface area contributed by atoms with E-state index in [0.717, 1.165) is 0 Å². The number of rotatable bonds is 5. The molecular weight excluding hydrogens is 218 g/mol. The molecule has 0 aliphatic rings. The third-order valence-corrected chi connectivity index (χ3v) is 2.41. The number of ketones is 1. The molecule has 0 aromatic heterocycles. The third kappa shape index (κ3) is 4.00. The van der Waals surface area contributed by atoms with Crippen molar-refractivity contribution < 1.29 is 14.3 Å². The van der Waals surface area contributed by atoms with Gasteiger partial charge in [0.2, 0.25) is 5.91 Å². The molecule has 0 heterocycles. The zero-order valence-electron chi connectivity index (χ0n) is 10.3. The highest BCUT2D eigenvalue weighted by Gasteiger charge is 2.14. The average Bonchev–Trinajstić information content (AvgIpc) is 2.28. The lowest BCUT2D eigenvalue weighted by atomic mass is 10.0. The number of carbonyl (C=O) groups excluding carboxylic acids is 2. The van der Waals surface area contributed by atoms with Crippen molar-refractivity contribution >= 4 is 17.4 Å². The Morgan fingerprint density at radius 2 is 2.00 bits per heavy atom. The second kappa shape index (κ2) is 6.15. The molecule has 0 aliphatic carbocycles. The molecule has 0 fully saturated rings. The number of Topliss-reactive ketones (excluding diaryl/α,β-unsaturated/α-hetero) is 1. The monoisotopic (exact) mass is 235 g/mol. The first-order valence-electron chi connectivity index (χ1n) is 5.47. The molecule has 1 unspecified atom stereocenters. The molecule has 0 saturated carbocycles. The molecule has 0 bridgehead atoms. The molecule has 1 N–H and O–H groups in total. The van der Waals surface area contributed by atoms with E-state index in [1.165, 1.54) is 6.92 Å². The summed E-state index contributed by atoms with van der Waals surface area (Å²) in [4.78, 5) is 23.0. The lowest BCUT2D eigenvalue weighted by Crippen LogP contribution is -2.15. The fourth-order valence-corrected chi connectivity index (χ4v) is 1.48. The van der Waals surface area contributed by atoms with Crippen LogP contribution >= 0.6 is 0 Å². The molecule has 17 heavy (non-hydrogen) atoms. The summed E-state index contributed by atoms with van der Waals surface area (Å²) in [6.45, 7) is 3.25. The Hall–Kier alpha value is -1.68. The normalized spacial score (nSPS) is 11.9.